The molecule has 3 rings (SSSR count). The quantitative estimate of drug-likeness (QED) is 0.736. The van der Waals surface area contributed by atoms with E-state index in [4.69, 9.17) is 0 Å². The lowest BCUT2D eigenvalue weighted by Gasteiger charge is -2.46. The van der Waals surface area contributed by atoms with E-state index in [0.717, 1.165) is 46.9 Å². The average Bonchev–Trinajstić information content (AvgIpc) is 2.57. The first-order valence-corrected chi connectivity index (χ1v) is 9.23. The van der Waals surface area contributed by atoms with E-state index >= 15 is 0 Å². The van der Waals surface area contributed by atoms with E-state index in [1.807, 2.05) is 0 Å². The maximum absolute atomic E-state index is 11.8. The second-order valence-corrected chi connectivity index (χ2v) is 9.10. The minimum Gasteiger partial charge on any atom is -0.384 e. The summed E-state index contributed by atoms with van der Waals surface area (Å²) in [5.41, 5.74) is 1.55. The van der Waals surface area contributed by atoms with Gasteiger partial charge in [0.05, 0.1) is 5.60 Å². The van der Waals surface area contributed by atoms with Crippen molar-refractivity contribution in [3.8, 4) is 0 Å². The van der Waals surface area contributed by atoms with E-state index in [-0.39, 0.29) is 5.41 Å². The van der Waals surface area contributed by atoms with Crippen LogP contribution in [0.25, 0.3) is 0 Å². The van der Waals surface area contributed by atoms with Crippen molar-refractivity contribution >= 4 is 31.9 Å². The highest BCUT2D eigenvalue weighted by molar-refractivity contribution is 9.11. The molecule has 21 heavy (non-hydrogen) atoms. The summed E-state index contributed by atoms with van der Waals surface area (Å²) in [6, 6.07) is 4.24. The number of nitrogens with zero attached hydrogens (tertiary/aromatic N) is 1. The summed E-state index contributed by atoms with van der Waals surface area (Å²) < 4.78 is 2.12. The number of halogens is 2. The zero-order chi connectivity index (χ0) is 15.4. The zero-order valence-corrected chi connectivity index (χ0v) is 16.1. The molecular weight excluding hydrogens is 394 g/mol. The van der Waals surface area contributed by atoms with Crippen LogP contribution in [0.3, 0.4) is 0 Å². The highest BCUT2D eigenvalue weighted by Crippen LogP contribution is 2.58. The molecule has 1 aromatic rings. The summed E-state index contributed by atoms with van der Waals surface area (Å²) in [4.78, 5) is 2.36. The van der Waals surface area contributed by atoms with Crippen LogP contribution in [-0.4, -0.2) is 30.1 Å². The lowest BCUT2D eigenvalue weighted by atomic mass is 9.65. The third-order valence-electron chi connectivity index (χ3n) is 5.49. The largest absolute Gasteiger partial charge is 0.384 e. The van der Waals surface area contributed by atoms with Gasteiger partial charge in [0.1, 0.15) is 0 Å². The van der Waals surface area contributed by atoms with E-state index in [0.29, 0.717) is 5.92 Å². The van der Waals surface area contributed by atoms with Gasteiger partial charge in [0.25, 0.3) is 0 Å². The Kier molecular flexibility index (Phi) is 4.05. The number of piperidine rings is 1. The molecule has 1 fully saturated rings. The van der Waals surface area contributed by atoms with Crippen LogP contribution in [0, 0.1) is 11.3 Å². The fourth-order valence-electron chi connectivity index (χ4n) is 4.33. The highest BCUT2D eigenvalue weighted by atomic mass is 79.9. The summed E-state index contributed by atoms with van der Waals surface area (Å²) in [5, 5.41) is 11.8. The number of hydrogen-bond donors (Lipinski definition) is 1. The minimum absolute atomic E-state index is 0.126. The maximum atomic E-state index is 11.8. The monoisotopic (exact) mass is 415 g/mol. The number of fused-ring (bicyclic) bond motifs is 1. The average molecular weight is 417 g/mol. The van der Waals surface area contributed by atoms with Crippen LogP contribution in [-0.2, 0) is 12.0 Å². The predicted molar refractivity (Wildman–Crippen MR) is 93.4 cm³/mol. The molecule has 0 bridgehead atoms. The summed E-state index contributed by atoms with van der Waals surface area (Å²) in [5.74, 6) is 0.336. The molecule has 4 heteroatoms. The summed E-state index contributed by atoms with van der Waals surface area (Å²) in [6.07, 6.45) is 3.07. The molecule has 0 aromatic heterocycles. The molecule has 0 spiro atoms. The fourth-order valence-corrected chi connectivity index (χ4v) is 5.94. The van der Waals surface area contributed by atoms with E-state index in [2.05, 4.69) is 69.8 Å². The van der Waals surface area contributed by atoms with Crippen molar-refractivity contribution in [1.29, 1.82) is 0 Å². The number of likely N-dealkylation sites (tertiary alicyclic amines) is 1. The van der Waals surface area contributed by atoms with Crippen LogP contribution in [0.2, 0.25) is 0 Å². The molecule has 1 atom stereocenters. The van der Waals surface area contributed by atoms with Crippen LogP contribution in [0.5, 0.6) is 0 Å². The third-order valence-corrected chi connectivity index (χ3v) is 6.57. The molecule has 1 aliphatic heterocycles. The van der Waals surface area contributed by atoms with Crippen molar-refractivity contribution in [2.24, 2.45) is 11.3 Å². The van der Waals surface area contributed by atoms with E-state index in [1.54, 1.807) is 0 Å². The predicted octanol–water partition coefficient (Wildman–Crippen LogP) is 4.32. The Morgan fingerprint density at radius 2 is 1.81 bits per heavy atom. The van der Waals surface area contributed by atoms with E-state index in [1.165, 1.54) is 5.56 Å². The van der Waals surface area contributed by atoms with Gasteiger partial charge in [-0.1, -0.05) is 45.7 Å². The maximum Gasteiger partial charge on any atom is 0.0992 e. The van der Waals surface area contributed by atoms with Gasteiger partial charge in [-0.15, -0.1) is 0 Å². The Morgan fingerprint density at radius 3 is 2.43 bits per heavy atom. The molecule has 1 unspecified atom stereocenters. The van der Waals surface area contributed by atoms with Crippen molar-refractivity contribution in [2.75, 3.05) is 20.1 Å². The van der Waals surface area contributed by atoms with Crippen molar-refractivity contribution in [3.05, 3.63) is 32.2 Å². The second-order valence-electron chi connectivity index (χ2n) is 7.33. The van der Waals surface area contributed by atoms with Gasteiger partial charge < -0.3 is 10.0 Å². The Bertz CT molecular complexity index is 564. The van der Waals surface area contributed by atoms with Gasteiger partial charge in [0.15, 0.2) is 0 Å². The lowest BCUT2D eigenvalue weighted by molar-refractivity contribution is -0.122. The van der Waals surface area contributed by atoms with Crippen LogP contribution < -0.4 is 0 Å². The summed E-state index contributed by atoms with van der Waals surface area (Å²) >= 11 is 7.28. The molecule has 116 valence electrons. The van der Waals surface area contributed by atoms with E-state index < -0.39 is 5.60 Å². The van der Waals surface area contributed by atoms with Crippen LogP contribution in [0.15, 0.2) is 21.1 Å². The second kappa shape index (κ2) is 5.33. The molecule has 1 aliphatic carbocycles. The van der Waals surface area contributed by atoms with Gasteiger partial charge in [-0.05, 0) is 63.0 Å². The number of hydrogen-bond acceptors (Lipinski definition) is 2. The topological polar surface area (TPSA) is 23.5 Å². The van der Waals surface area contributed by atoms with Gasteiger partial charge in [-0.2, -0.15) is 0 Å². The molecule has 1 aromatic carbocycles. The van der Waals surface area contributed by atoms with Gasteiger partial charge in [0.2, 0.25) is 0 Å². The van der Waals surface area contributed by atoms with Crippen LogP contribution in [0.1, 0.15) is 37.8 Å². The smallest absolute Gasteiger partial charge is 0.0992 e. The molecule has 1 heterocycles. The highest BCUT2D eigenvalue weighted by Gasteiger charge is 2.56. The Balaban J connectivity index is 2.09. The van der Waals surface area contributed by atoms with Crippen molar-refractivity contribution in [1.82, 2.24) is 4.90 Å². The van der Waals surface area contributed by atoms with Crippen LogP contribution >= 0.6 is 31.9 Å². The number of benzene rings is 1. The zero-order valence-electron chi connectivity index (χ0n) is 12.9. The summed E-state index contributed by atoms with van der Waals surface area (Å²) in [7, 11) is 2.17. The lowest BCUT2D eigenvalue weighted by Crippen LogP contribution is -2.49. The third kappa shape index (κ3) is 2.43. The minimum atomic E-state index is -0.733. The molecule has 0 saturated carbocycles. The van der Waals surface area contributed by atoms with Crippen LogP contribution in [0.4, 0.5) is 0 Å². The Hall–Kier alpha value is 0.1000. The molecule has 2 aliphatic rings. The molecular formula is C17H23Br2NO. The normalized spacial score (nSPS) is 29.6. The molecule has 0 amide bonds. The van der Waals surface area contributed by atoms with Gasteiger partial charge in [0, 0.05) is 19.9 Å². The number of aliphatic hydroxyl groups is 1. The SMILES string of the molecule is CN1CCC(C2(O)c3c(Br)cc(Br)cc3CC2(C)C)CC1. The van der Waals surface area contributed by atoms with Crippen molar-refractivity contribution in [2.45, 2.75) is 38.7 Å². The Labute approximate surface area is 144 Å². The molecule has 0 radical (unpaired) electrons. The first kappa shape index (κ1) is 16.0. The standard InChI is InChI=1S/C17H23Br2NO/c1-16(2)10-11-8-13(18)9-14(19)15(11)17(16,21)12-4-6-20(3)7-5-12/h8-9,12,21H,4-7,10H2,1-3H3. The van der Waals surface area contributed by atoms with Crippen molar-refractivity contribution in [3.63, 3.8) is 0 Å². The van der Waals surface area contributed by atoms with Gasteiger partial charge in [-0.25, -0.2) is 0 Å². The number of rotatable bonds is 1. The first-order valence-electron chi connectivity index (χ1n) is 7.65. The first-order chi connectivity index (χ1) is 9.75. The molecule has 2 nitrogen and oxygen atoms in total. The molecule has 1 N–H and O–H groups in total. The summed E-state index contributed by atoms with van der Waals surface area (Å²) in [6.45, 7) is 6.58. The van der Waals surface area contributed by atoms with E-state index in [9.17, 15) is 5.11 Å². The van der Waals surface area contributed by atoms with Gasteiger partial charge >= 0.3 is 0 Å². The fraction of sp³-hybridized carbons (Fsp3) is 0.647. The van der Waals surface area contributed by atoms with Crippen molar-refractivity contribution < 1.29 is 5.11 Å². The Morgan fingerprint density at radius 1 is 1.19 bits per heavy atom. The van der Waals surface area contributed by atoms with Gasteiger partial charge in [-0.3, -0.25) is 0 Å². The molecule has 1 saturated heterocycles.